The van der Waals surface area contributed by atoms with E-state index in [-0.39, 0.29) is 23.0 Å². The molecule has 0 fully saturated rings. The van der Waals surface area contributed by atoms with Gasteiger partial charge in [0.15, 0.2) is 11.3 Å². The van der Waals surface area contributed by atoms with Gasteiger partial charge in [0.25, 0.3) is 0 Å². The number of hydrogen-bond acceptors (Lipinski definition) is 2. The van der Waals surface area contributed by atoms with E-state index in [0.717, 1.165) is 5.69 Å². The van der Waals surface area contributed by atoms with E-state index >= 15 is 0 Å². The van der Waals surface area contributed by atoms with Crippen LogP contribution in [0.25, 0.3) is 0 Å². The lowest BCUT2D eigenvalue weighted by Gasteiger charge is -1.90. The molecule has 5 nitrogen and oxygen atoms in total. The number of aromatic nitrogens is 1. The summed E-state index contributed by atoms with van der Waals surface area (Å²) in [6.07, 6.45) is 3.40. The Morgan fingerprint density at radius 1 is 1.57 bits per heavy atom. The Kier molecular flexibility index (Phi) is 9.10. The highest BCUT2D eigenvalue weighted by Gasteiger charge is 1.91. The molecule has 0 saturated carbocycles. The van der Waals surface area contributed by atoms with Gasteiger partial charge in [0.1, 0.15) is 6.21 Å². The highest BCUT2D eigenvalue weighted by Crippen LogP contribution is 1.81. The summed E-state index contributed by atoms with van der Waals surface area (Å²) in [5.74, 6) is 0. The van der Waals surface area contributed by atoms with Gasteiger partial charge in [0, 0.05) is 12.1 Å². The Labute approximate surface area is 93.1 Å². The fourth-order valence-electron chi connectivity index (χ4n) is 0.653. The van der Waals surface area contributed by atoms with Crippen molar-refractivity contribution in [1.29, 1.82) is 0 Å². The van der Waals surface area contributed by atoms with Crippen molar-refractivity contribution in [1.82, 2.24) is 5.43 Å². The van der Waals surface area contributed by atoms with Crippen molar-refractivity contribution in [3.05, 3.63) is 30.1 Å². The number of rotatable bonds is 2. The summed E-state index contributed by atoms with van der Waals surface area (Å²) in [7, 11) is 0. The van der Waals surface area contributed by atoms with Crippen LogP contribution in [-0.2, 0) is 0 Å². The maximum Gasteiger partial charge on any atom is 0.223 e. The third-order valence-corrected chi connectivity index (χ3v) is 1.20. The summed E-state index contributed by atoms with van der Waals surface area (Å²) in [5, 5.41) is 3.92. The fraction of sp³-hybridized carbons (Fsp3) is 0. The molecule has 0 aromatic carbocycles. The predicted octanol–water partition coefficient (Wildman–Crippen LogP) is -4.15. The second-order valence-electron chi connectivity index (χ2n) is 2.05. The standard InChI is InChI=1S/C7H8N4S.ClH.H2O/c8-7(12)11-10-5-6-3-1-2-4-9-6;;/h1-5H,(H3,8,11,12);1H;1H2/b10-5+;;. The molecule has 78 valence electrons. The van der Waals surface area contributed by atoms with Crippen molar-refractivity contribution in [2.24, 2.45) is 10.8 Å². The maximum atomic E-state index is 5.15. The summed E-state index contributed by atoms with van der Waals surface area (Å²) in [5.41, 5.74) is 8.48. The second-order valence-corrected chi connectivity index (χ2v) is 2.49. The van der Waals surface area contributed by atoms with Crippen LogP contribution in [0.5, 0.6) is 0 Å². The van der Waals surface area contributed by atoms with E-state index in [1.807, 2.05) is 24.4 Å². The Bertz CT molecular complexity index is 293. The number of aromatic amines is 1. The summed E-state index contributed by atoms with van der Waals surface area (Å²) in [6.45, 7) is 0. The number of pyridine rings is 1. The summed E-state index contributed by atoms with van der Waals surface area (Å²) in [6, 6.07) is 5.67. The number of H-pyrrole nitrogens is 1. The van der Waals surface area contributed by atoms with Gasteiger partial charge >= 0.3 is 0 Å². The minimum atomic E-state index is 0. The van der Waals surface area contributed by atoms with Crippen LogP contribution in [0.3, 0.4) is 0 Å². The molecule has 0 saturated heterocycles. The van der Waals surface area contributed by atoms with Gasteiger partial charge in [0.05, 0.1) is 0 Å². The van der Waals surface area contributed by atoms with Crippen molar-refractivity contribution in [2.75, 3.05) is 0 Å². The van der Waals surface area contributed by atoms with E-state index in [1.165, 1.54) is 0 Å². The van der Waals surface area contributed by atoms with Gasteiger partial charge in [-0.1, -0.05) is 0 Å². The van der Waals surface area contributed by atoms with E-state index in [2.05, 4.69) is 27.7 Å². The number of hydrogen-bond donors (Lipinski definition) is 2. The highest BCUT2D eigenvalue weighted by atomic mass is 35.5. The third-order valence-electron chi connectivity index (χ3n) is 1.11. The van der Waals surface area contributed by atoms with E-state index in [9.17, 15) is 0 Å². The van der Waals surface area contributed by atoms with Crippen molar-refractivity contribution < 1.29 is 22.9 Å². The van der Waals surface area contributed by atoms with Crippen LogP contribution >= 0.6 is 12.2 Å². The molecule has 0 bridgehead atoms. The van der Waals surface area contributed by atoms with Gasteiger partial charge in [-0.05, 0) is 18.3 Å². The van der Waals surface area contributed by atoms with E-state index < -0.39 is 0 Å². The molecule has 0 aliphatic rings. The molecule has 0 aliphatic carbocycles. The first kappa shape index (κ1) is 15.2. The molecule has 1 heterocycles. The average Bonchev–Trinajstić information content (AvgIpc) is 2.05. The lowest BCUT2D eigenvalue weighted by Crippen LogP contribution is -3.00. The fourth-order valence-corrected chi connectivity index (χ4v) is 0.706. The monoisotopic (exact) mass is 234 g/mol. The first-order chi connectivity index (χ1) is 5.79. The highest BCUT2D eigenvalue weighted by molar-refractivity contribution is 7.80. The van der Waals surface area contributed by atoms with Crippen LogP contribution in [0.1, 0.15) is 5.69 Å². The summed E-state index contributed by atoms with van der Waals surface area (Å²) in [4.78, 5) is 2.97. The summed E-state index contributed by atoms with van der Waals surface area (Å²) < 4.78 is 0. The molecule has 1 rings (SSSR count). The van der Waals surface area contributed by atoms with Crippen LogP contribution in [0.4, 0.5) is 0 Å². The minimum absolute atomic E-state index is 0. The molecular weight excluding hydrogens is 224 g/mol. The van der Waals surface area contributed by atoms with Gasteiger partial charge in [-0.2, -0.15) is 5.10 Å². The number of thiocarbonyl (C=S) groups is 1. The molecule has 1 aromatic rings. The Hall–Kier alpha value is -1.24. The van der Waals surface area contributed by atoms with Crippen LogP contribution in [0, 0.1) is 0 Å². The zero-order valence-corrected chi connectivity index (χ0v) is 8.77. The Morgan fingerprint density at radius 2 is 2.29 bits per heavy atom. The number of nitrogens with two attached hydrogens (primary N) is 1. The van der Waals surface area contributed by atoms with Crippen molar-refractivity contribution >= 4 is 23.5 Å². The molecule has 0 aliphatic heterocycles. The van der Waals surface area contributed by atoms with Crippen molar-refractivity contribution in [3.63, 3.8) is 0 Å². The SMILES string of the molecule is NC(=S)N/N=C/c1cccc[nH+]1.O.[Cl-]. The van der Waals surface area contributed by atoms with Crippen molar-refractivity contribution in [2.45, 2.75) is 0 Å². The maximum absolute atomic E-state index is 5.15. The smallest absolute Gasteiger partial charge is 0.223 e. The normalized spacial score (nSPS) is 8.57. The number of hydrazone groups is 1. The van der Waals surface area contributed by atoms with Gasteiger partial charge < -0.3 is 23.6 Å². The quantitative estimate of drug-likeness (QED) is 0.309. The van der Waals surface area contributed by atoms with Gasteiger partial charge in [0.2, 0.25) is 5.69 Å². The van der Waals surface area contributed by atoms with E-state index in [4.69, 9.17) is 5.73 Å². The zero-order valence-electron chi connectivity index (χ0n) is 7.20. The average molecular weight is 235 g/mol. The second kappa shape index (κ2) is 8.36. The molecule has 0 amide bonds. The summed E-state index contributed by atoms with van der Waals surface area (Å²) >= 11 is 4.55. The molecule has 1 aromatic heterocycles. The lowest BCUT2D eigenvalue weighted by atomic mass is 10.4. The molecule has 7 heteroatoms. The van der Waals surface area contributed by atoms with Gasteiger partial charge in [-0.25, -0.2) is 4.98 Å². The van der Waals surface area contributed by atoms with Crippen LogP contribution in [0.2, 0.25) is 0 Å². The van der Waals surface area contributed by atoms with Crippen molar-refractivity contribution in [3.8, 4) is 0 Å². The van der Waals surface area contributed by atoms with Gasteiger partial charge in [-0.15, -0.1) is 0 Å². The van der Waals surface area contributed by atoms with E-state index in [0.29, 0.717) is 0 Å². The molecular formula is C7H11ClN4OS. The number of nitrogens with one attached hydrogen (secondary N) is 2. The molecule has 0 unspecified atom stereocenters. The van der Waals surface area contributed by atoms with Crippen LogP contribution in [-0.4, -0.2) is 16.8 Å². The first-order valence-corrected chi connectivity index (χ1v) is 3.75. The molecule has 14 heavy (non-hydrogen) atoms. The largest absolute Gasteiger partial charge is 1.00 e. The first-order valence-electron chi connectivity index (χ1n) is 3.34. The van der Waals surface area contributed by atoms with Crippen LogP contribution in [0.15, 0.2) is 29.5 Å². The Morgan fingerprint density at radius 3 is 2.79 bits per heavy atom. The van der Waals surface area contributed by atoms with Gasteiger partial charge in [-0.3, -0.25) is 5.43 Å². The Balaban J connectivity index is 0. The molecule has 0 spiro atoms. The van der Waals surface area contributed by atoms with Crippen LogP contribution < -0.4 is 28.6 Å². The lowest BCUT2D eigenvalue weighted by molar-refractivity contribution is -0.379. The van der Waals surface area contributed by atoms with E-state index in [1.54, 1.807) is 6.21 Å². The zero-order chi connectivity index (χ0) is 8.81. The molecule has 6 N–H and O–H groups in total. The number of halogens is 1. The third kappa shape index (κ3) is 6.30. The molecule has 0 atom stereocenters. The predicted molar refractivity (Wildman–Crippen MR) is 54.1 cm³/mol. The molecule has 0 radical (unpaired) electrons. The number of nitrogens with zero attached hydrogens (tertiary/aromatic N) is 1. The minimum Gasteiger partial charge on any atom is -1.00 e. The topological polar surface area (TPSA) is 96.0 Å².